The molecule has 176 valence electrons. The Hall–Kier alpha value is -3.28. The summed E-state index contributed by atoms with van der Waals surface area (Å²) in [5, 5.41) is 6.02. The van der Waals surface area contributed by atoms with Crippen LogP contribution in [0.5, 0.6) is 0 Å². The molecular weight excluding hydrogens is 412 g/mol. The van der Waals surface area contributed by atoms with Crippen LogP contribution in [0.1, 0.15) is 57.1 Å². The van der Waals surface area contributed by atoms with Crippen LogP contribution >= 0.6 is 0 Å². The summed E-state index contributed by atoms with van der Waals surface area (Å²) in [5.74, 6) is 0.154. The van der Waals surface area contributed by atoms with Crippen LogP contribution < -0.4 is 16.4 Å². The van der Waals surface area contributed by atoms with Gasteiger partial charge in [0.2, 0.25) is 5.91 Å². The average molecular weight is 449 g/mol. The molecule has 1 fully saturated rings. The van der Waals surface area contributed by atoms with E-state index in [1.54, 1.807) is 18.2 Å². The molecule has 2 aromatic rings. The van der Waals surface area contributed by atoms with Gasteiger partial charge in [0, 0.05) is 25.2 Å². The lowest BCUT2D eigenvalue weighted by Gasteiger charge is -2.29. The highest BCUT2D eigenvalue weighted by Gasteiger charge is 2.20. The van der Waals surface area contributed by atoms with E-state index in [9.17, 15) is 9.59 Å². The molecule has 1 aliphatic rings. The molecule has 3 rings (SSSR count). The Balaban J connectivity index is 1.57. The summed E-state index contributed by atoms with van der Waals surface area (Å²) in [6.45, 7) is 5.53. The van der Waals surface area contributed by atoms with Crippen LogP contribution in [0.4, 0.5) is 16.2 Å². The van der Waals surface area contributed by atoms with Crippen molar-refractivity contribution in [1.29, 1.82) is 0 Å². The van der Waals surface area contributed by atoms with Crippen molar-refractivity contribution in [2.75, 3.05) is 17.6 Å². The molecule has 0 saturated heterocycles. The number of amides is 3. The number of hydrogen-bond acceptors (Lipinski definition) is 3. The van der Waals surface area contributed by atoms with E-state index < -0.39 is 0 Å². The summed E-state index contributed by atoms with van der Waals surface area (Å²) in [6, 6.07) is 15.4. The van der Waals surface area contributed by atoms with E-state index in [1.165, 1.54) is 25.3 Å². The summed E-state index contributed by atoms with van der Waals surface area (Å²) in [4.78, 5) is 27.0. The van der Waals surface area contributed by atoms with Gasteiger partial charge in [-0.1, -0.05) is 69.5 Å². The SMILES string of the molecule is CC(C)CN(Cc1ccc(C=CC(=O)Nc2ccccc2N)cc1)C(=O)NC1CCCCC1. The van der Waals surface area contributed by atoms with Gasteiger partial charge in [-0.05, 0) is 48.1 Å². The second-order valence-electron chi connectivity index (χ2n) is 9.21. The fourth-order valence-electron chi connectivity index (χ4n) is 4.08. The first-order valence-electron chi connectivity index (χ1n) is 11.9. The monoisotopic (exact) mass is 448 g/mol. The summed E-state index contributed by atoms with van der Waals surface area (Å²) in [5.41, 5.74) is 8.97. The molecule has 4 N–H and O–H groups in total. The summed E-state index contributed by atoms with van der Waals surface area (Å²) < 4.78 is 0. The molecule has 2 aromatic carbocycles. The van der Waals surface area contributed by atoms with Crippen molar-refractivity contribution >= 4 is 29.4 Å². The first-order valence-corrected chi connectivity index (χ1v) is 11.9. The van der Waals surface area contributed by atoms with Crippen LogP contribution in [-0.4, -0.2) is 29.4 Å². The van der Waals surface area contributed by atoms with Crippen molar-refractivity contribution in [3.8, 4) is 0 Å². The predicted octanol–water partition coefficient (Wildman–Crippen LogP) is 5.42. The fourth-order valence-corrected chi connectivity index (χ4v) is 4.08. The summed E-state index contributed by atoms with van der Waals surface area (Å²) in [6.07, 6.45) is 9.07. The number of carbonyl (C=O) groups excluding carboxylic acids is 2. The maximum atomic E-state index is 12.9. The van der Waals surface area contributed by atoms with E-state index in [0.29, 0.717) is 36.4 Å². The second-order valence-corrected chi connectivity index (χ2v) is 9.21. The first kappa shape index (κ1) is 24.4. The maximum absolute atomic E-state index is 12.9. The molecular formula is C27H36N4O2. The van der Waals surface area contributed by atoms with Crippen LogP contribution in [0.3, 0.4) is 0 Å². The minimum Gasteiger partial charge on any atom is -0.397 e. The minimum atomic E-state index is -0.237. The predicted molar refractivity (Wildman–Crippen MR) is 136 cm³/mol. The number of rotatable bonds is 8. The molecule has 6 nitrogen and oxygen atoms in total. The van der Waals surface area contributed by atoms with E-state index >= 15 is 0 Å². The molecule has 0 heterocycles. The van der Waals surface area contributed by atoms with Gasteiger partial charge in [0.1, 0.15) is 0 Å². The number of para-hydroxylation sites is 2. The van der Waals surface area contributed by atoms with E-state index in [0.717, 1.165) is 24.0 Å². The molecule has 3 amide bonds. The number of hydrogen-bond donors (Lipinski definition) is 3. The highest BCUT2D eigenvalue weighted by molar-refractivity contribution is 6.03. The van der Waals surface area contributed by atoms with Gasteiger partial charge in [0.25, 0.3) is 0 Å². The van der Waals surface area contributed by atoms with Crippen LogP contribution in [-0.2, 0) is 11.3 Å². The number of anilines is 2. The molecule has 0 aliphatic heterocycles. The van der Waals surface area contributed by atoms with Crippen molar-refractivity contribution < 1.29 is 9.59 Å². The Labute approximate surface area is 197 Å². The smallest absolute Gasteiger partial charge is 0.317 e. The lowest BCUT2D eigenvalue weighted by molar-refractivity contribution is -0.111. The van der Waals surface area contributed by atoms with Gasteiger partial charge < -0.3 is 21.3 Å². The zero-order chi connectivity index (χ0) is 23.6. The van der Waals surface area contributed by atoms with E-state index in [4.69, 9.17) is 5.73 Å². The molecule has 1 saturated carbocycles. The van der Waals surface area contributed by atoms with Gasteiger partial charge in [-0.2, -0.15) is 0 Å². The number of benzene rings is 2. The lowest BCUT2D eigenvalue weighted by Crippen LogP contribution is -2.46. The molecule has 33 heavy (non-hydrogen) atoms. The van der Waals surface area contributed by atoms with E-state index in [1.807, 2.05) is 41.3 Å². The molecule has 0 spiro atoms. The highest BCUT2D eigenvalue weighted by atomic mass is 16.2. The van der Waals surface area contributed by atoms with Crippen molar-refractivity contribution in [3.05, 3.63) is 65.7 Å². The van der Waals surface area contributed by atoms with Crippen molar-refractivity contribution in [2.24, 2.45) is 5.92 Å². The number of nitrogen functional groups attached to an aromatic ring is 1. The third-order valence-electron chi connectivity index (χ3n) is 5.80. The highest BCUT2D eigenvalue weighted by Crippen LogP contribution is 2.19. The molecule has 0 unspecified atom stereocenters. The van der Waals surface area contributed by atoms with Crippen molar-refractivity contribution in [3.63, 3.8) is 0 Å². The Kier molecular flexibility index (Phi) is 8.93. The second kappa shape index (κ2) is 12.1. The van der Waals surface area contributed by atoms with Crippen LogP contribution in [0.25, 0.3) is 6.08 Å². The number of nitrogens with zero attached hydrogens (tertiary/aromatic N) is 1. The Bertz CT molecular complexity index is 947. The number of urea groups is 1. The topological polar surface area (TPSA) is 87.5 Å². The Morgan fingerprint density at radius 2 is 1.76 bits per heavy atom. The largest absolute Gasteiger partial charge is 0.397 e. The van der Waals surface area contributed by atoms with Gasteiger partial charge in [0.15, 0.2) is 0 Å². The van der Waals surface area contributed by atoms with Gasteiger partial charge in [-0.15, -0.1) is 0 Å². The zero-order valence-corrected chi connectivity index (χ0v) is 19.7. The van der Waals surface area contributed by atoms with E-state index in [2.05, 4.69) is 24.5 Å². The standard InChI is InChI=1S/C27H36N4O2/c1-20(2)18-31(27(33)29-23-8-4-3-5-9-23)19-22-14-12-21(13-15-22)16-17-26(32)30-25-11-7-6-10-24(25)28/h6-7,10-17,20,23H,3-5,8-9,18-19,28H2,1-2H3,(H,29,33)(H,30,32). The van der Waals surface area contributed by atoms with Gasteiger partial charge >= 0.3 is 6.03 Å². The maximum Gasteiger partial charge on any atom is 0.317 e. The van der Waals surface area contributed by atoms with Gasteiger partial charge in [-0.25, -0.2) is 4.79 Å². The van der Waals surface area contributed by atoms with Crippen molar-refractivity contribution in [2.45, 2.75) is 58.5 Å². The molecule has 1 aliphatic carbocycles. The van der Waals surface area contributed by atoms with Gasteiger partial charge in [0.05, 0.1) is 11.4 Å². The zero-order valence-electron chi connectivity index (χ0n) is 19.7. The van der Waals surface area contributed by atoms with Crippen LogP contribution in [0.15, 0.2) is 54.6 Å². The molecule has 0 radical (unpaired) electrons. The van der Waals surface area contributed by atoms with Crippen LogP contribution in [0, 0.1) is 5.92 Å². The third-order valence-corrected chi connectivity index (χ3v) is 5.80. The fraction of sp³-hybridized carbons (Fsp3) is 0.407. The Morgan fingerprint density at radius 3 is 2.42 bits per heavy atom. The van der Waals surface area contributed by atoms with Crippen molar-refractivity contribution in [1.82, 2.24) is 10.2 Å². The van der Waals surface area contributed by atoms with Crippen LogP contribution in [0.2, 0.25) is 0 Å². The third kappa shape index (κ3) is 7.97. The molecule has 0 atom stereocenters. The number of nitrogens with two attached hydrogens (primary N) is 1. The Morgan fingerprint density at radius 1 is 1.06 bits per heavy atom. The number of carbonyl (C=O) groups is 2. The molecule has 0 aromatic heterocycles. The van der Waals surface area contributed by atoms with E-state index in [-0.39, 0.29) is 11.9 Å². The normalized spacial score (nSPS) is 14.4. The summed E-state index contributed by atoms with van der Waals surface area (Å²) in [7, 11) is 0. The minimum absolute atomic E-state index is 0.0245. The number of nitrogens with one attached hydrogen (secondary N) is 2. The molecule has 0 bridgehead atoms. The molecule has 6 heteroatoms. The van der Waals surface area contributed by atoms with Gasteiger partial charge in [-0.3, -0.25) is 4.79 Å². The average Bonchev–Trinajstić information content (AvgIpc) is 2.80. The first-order chi connectivity index (χ1) is 15.9. The quantitative estimate of drug-likeness (QED) is 0.372. The lowest BCUT2D eigenvalue weighted by atomic mass is 9.96. The summed E-state index contributed by atoms with van der Waals surface area (Å²) >= 11 is 0.